The highest BCUT2D eigenvalue weighted by molar-refractivity contribution is 7.98. The van der Waals surface area contributed by atoms with Crippen LogP contribution < -0.4 is 11.3 Å². The van der Waals surface area contributed by atoms with Gasteiger partial charge in [-0.2, -0.15) is 4.98 Å². The number of nitrogens with one attached hydrogen (secondary N) is 1. The van der Waals surface area contributed by atoms with Gasteiger partial charge in [0, 0.05) is 11.4 Å². The van der Waals surface area contributed by atoms with E-state index in [2.05, 4.69) is 15.0 Å². The van der Waals surface area contributed by atoms with Crippen molar-refractivity contribution in [2.24, 2.45) is 0 Å². The number of anilines is 1. The second-order valence-corrected chi connectivity index (χ2v) is 8.53. The predicted molar refractivity (Wildman–Crippen MR) is 106 cm³/mol. The fourth-order valence-electron chi connectivity index (χ4n) is 2.41. The van der Waals surface area contributed by atoms with Crippen LogP contribution in [0.15, 0.2) is 40.3 Å². The van der Waals surface area contributed by atoms with Gasteiger partial charge in [0.15, 0.2) is 11.2 Å². The van der Waals surface area contributed by atoms with Crippen molar-refractivity contribution < 1.29 is 18.7 Å². The number of nitrogens with two attached hydrogens (primary N) is 1. The van der Waals surface area contributed by atoms with Gasteiger partial charge in [0.05, 0.1) is 19.5 Å². The van der Waals surface area contributed by atoms with E-state index in [1.807, 2.05) is 30.5 Å². The monoisotopic (exact) mass is 425 g/mol. The molecule has 2 heterocycles. The van der Waals surface area contributed by atoms with E-state index < -0.39 is 19.5 Å². The lowest BCUT2D eigenvalue weighted by atomic mass is 10.2. The summed E-state index contributed by atoms with van der Waals surface area (Å²) in [6.45, 7) is 0.405. The number of nitrogen functional groups attached to an aromatic ring is 1. The number of hydrogen-bond acceptors (Lipinski definition) is 8. The molecule has 0 spiro atoms. The highest BCUT2D eigenvalue weighted by Gasteiger charge is 2.20. The van der Waals surface area contributed by atoms with E-state index in [4.69, 9.17) is 15.0 Å². The summed E-state index contributed by atoms with van der Waals surface area (Å²) in [5, 5.41) is 0. The number of nitrogens with zero attached hydrogens (tertiary/aromatic N) is 3. The number of aromatic nitrogens is 4. The average molecular weight is 425 g/mol. The van der Waals surface area contributed by atoms with Crippen LogP contribution in [-0.4, -0.2) is 43.6 Å². The fraction of sp³-hybridized carbons (Fsp3) is 0.312. The Hall–Kier alpha value is -2.17. The van der Waals surface area contributed by atoms with Gasteiger partial charge in [-0.05, 0) is 24.0 Å². The van der Waals surface area contributed by atoms with Gasteiger partial charge in [-0.3, -0.25) is 14.3 Å². The highest BCUT2D eigenvalue weighted by Crippen LogP contribution is 2.42. The van der Waals surface area contributed by atoms with Crippen molar-refractivity contribution in [3.63, 3.8) is 0 Å². The van der Waals surface area contributed by atoms with Crippen LogP contribution in [0.3, 0.4) is 0 Å². The van der Waals surface area contributed by atoms with Crippen molar-refractivity contribution in [1.29, 1.82) is 0 Å². The van der Waals surface area contributed by atoms with Crippen LogP contribution in [0.25, 0.3) is 11.2 Å². The third-order valence-corrected chi connectivity index (χ3v) is 5.60. The van der Waals surface area contributed by atoms with Gasteiger partial charge < -0.3 is 24.5 Å². The first kappa shape index (κ1) is 20.6. The topological polar surface area (TPSA) is 145 Å². The number of ether oxygens (including phenoxy) is 1. The molecule has 3 aromatic rings. The number of benzene rings is 1. The number of fused-ring (bicyclic) bond motifs is 1. The number of thioether (sulfide) groups is 1. The molecule has 0 saturated heterocycles. The first-order valence-corrected chi connectivity index (χ1v) is 11.2. The van der Waals surface area contributed by atoms with Crippen LogP contribution >= 0.6 is 19.4 Å². The van der Waals surface area contributed by atoms with Crippen molar-refractivity contribution in [1.82, 2.24) is 19.5 Å². The molecule has 0 bridgehead atoms. The Kier molecular flexibility index (Phi) is 6.53. The van der Waals surface area contributed by atoms with Crippen molar-refractivity contribution in [3.05, 3.63) is 46.5 Å². The third kappa shape index (κ3) is 5.21. The molecular weight excluding hydrogens is 405 g/mol. The minimum atomic E-state index is -3.89. The van der Waals surface area contributed by atoms with E-state index in [9.17, 15) is 14.3 Å². The molecule has 150 valence electrons. The van der Waals surface area contributed by atoms with E-state index in [1.54, 1.807) is 16.3 Å². The summed E-state index contributed by atoms with van der Waals surface area (Å²) in [6.07, 6.45) is 2.96. The zero-order chi connectivity index (χ0) is 20.1. The van der Waals surface area contributed by atoms with Crippen molar-refractivity contribution >= 4 is 36.5 Å². The van der Waals surface area contributed by atoms with Gasteiger partial charge >= 0.3 is 7.60 Å². The second kappa shape index (κ2) is 8.89. The molecule has 3 rings (SSSR count). The largest absolute Gasteiger partial charge is 0.369 e. The summed E-state index contributed by atoms with van der Waals surface area (Å²) in [6, 6.07) is 7.53. The Morgan fingerprint density at radius 3 is 2.82 bits per heavy atom. The molecular formula is C16H20N5O5PS. The minimum absolute atomic E-state index is 0.0148. The molecule has 0 saturated carbocycles. The molecule has 1 unspecified atom stereocenters. The lowest BCUT2D eigenvalue weighted by Crippen LogP contribution is -2.13. The number of aromatic amines is 1. The molecule has 28 heavy (non-hydrogen) atoms. The van der Waals surface area contributed by atoms with E-state index in [1.165, 1.54) is 6.33 Å². The smallest absolute Gasteiger partial charge is 0.353 e. The normalized spacial score (nSPS) is 13.6. The summed E-state index contributed by atoms with van der Waals surface area (Å²) in [5.41, 5.74) is 6.39. The third-order valence-electron chi connectivity index (χ3n) is 3.82. The molecule has 1 aromatic carbocycles. The van der Waals surface area contributed by atoms with Crippen molar-refractivity contribution in [2.75, 3.05) is 24.9 Å². The number of imidazole rings is 1. The van der Waals surface area contributed by atoms with Crippen LogP contribution in [0.4, 0.5) is 5.95 Å². The Morgan fingerprint density at radius 2 is 2.11 bits per heavy atom. The number of rotatable bonds is 9. The van der Waals surface area contributed by atoms with Crippen LogP contribution in [0.5, 0.6) is 0 Å². The van der Waals surface area contributed by atoms with Gasteiger partial charge in [-0.25, -0.2) is 4.98 Å². The summed E-state index contributed by atoms with van der Waals surface area (Å²) < 4.78 is 24.0. The van der Waals surface area contributed by atoms with E-state index in [0.717, 1.165) is 10.5 Å². The first-order chi connectivity index (χ1) is 13.4. The zero-order valence-corrected chi connectivity index (χ0v) is 16.8. The van der Waals surface area contributed by atoms with Gasteiger partial charge in [0.25, 0.3) is 5.56 Å². The second-order valence-electron chi connectivity index (χ2n) is 5.86. The summed E-state index contributed by atoms with van der Waals surface area (Å²) in [5.74, 6) is -0.0148. The van der Waals surface area contributed by atoms with E-state index in [0.29, 0.717) is 5.65 Å². The molecule has 4 N–H and O–H groups in total. The summed E-state index contributed by atoms with van der Waals surface area (Å²) >= 11 is 1.61. The summed E-state index contributed by atoms with van der Waals surface area (Å²) in [4.78, 5) is 33.1. The van der Waals surface area contributed by atoms with E-state index >= 15 is 0 Å². The maximum absolute atomic E-state index is 12.1. The Bertz CT molecular complexity index is 1050. The first-order valence-electron chi connectivity index (χ1n) is 8.25. The molecule has 0 aliphatic carbocycles. The molecule has 0 radical (unpaired) electrons. The molecule has 0 fully saturated rings. The molecule has 0 amide bonds. The fourth-order valence-corrected chi connectivity index (χ4v) is 3.61. The maximum atomic E-state index is 12.1. The van der Waals surface area contributed by atoms with E-state index in [-0.39, 0.29) is 31.2 Å². The van der Waals surface area contributed by atoms with Crippen LogP contribution in [0, 0.1) is 0 Å². The molecule has 1 atom stereocenters. The number of H-pyrrole nitrogens is 1. The Labute approximate surface area is 164 Å². The Morgan fingerprint density at radius 1 is 1.36 bits per heavy atom. The lowest BCUT2D eigenvalue weighted by molar-refractivity contribution is 0.136. The van der Waals surface area contributed by atoms with Gasteiger partial charge in [0.1, 0.15) is 6.35 Å². The van der Waals surface area contributed by atoms with Gasteiger partial charge in [-0.1, -0.05) is 12.1 Å². The number of hydrogen-bond donors (Lipinski definition) is 3. The zero-order valence-electron chi connectivity index (χ0n) is 15.1. The van der Waals surface area contributed by atoms with Crippen molar-refractivity contribution in [2.45, 2.75) is 18.0 Å². The lowest BCUT2D eigenvalue weighted by Gasteiger charge is -2.13. The minimum Gasteiger partial charge on any atom is -0.369 e. The highest BCUT2D eigenvalue weighted by atomic mass is 32.2. The molecule has 0 aliphatic heterocycles. The van der Waals surface area contributed by atoms with Crippen molar-refractivity contribution in [3.8, 4) is 0 Å². The van der Waals surface area contributed by atoms with Crippen LogP contribution in [0.2, 0.25) is 0 Å². The maximum Gasteiger partial charge on any atom is 0.353 e. The SMILES string of the molecule is CSc1ccc(COP(=O)(O)COCCn2cnc3c(=O)[nH]c(N)nc32)cc1. The summed E-state index contributed by atoms with van der Waals surface area (Å²) in [7, 11) is -3.89. The quantitative estimate of drug-likeness (QED) is 0.265. The van der Waals surface area contributed by atoms with Crippen LogP contribution in [-0.2, 0) is 27.0 Å². The molecule has 10 nitrogen and oxygen atoms in total. The molecule has 0 aliphatic rings. The van der Waals surface area contributed by atoms with Crippen LogP contribution in [0.1, 0.15) is 5.56 Å². The van der Waals surface area contributed by atoms with Gasteiger partial charge in [0.2, 0.25) is 5.95 Å². The molecule has 2 aromatic heterocycles. The van der Waals surface area contributed by atoms with Gasteiger partial charge in [-0.15, -0.1) is 11.8 Å². The predicted octanol–water partition coefficient (Wildman–Crippen LogP) is 1.80. The molecule has 12 heteroatoms. The Balaban J connectivity index is 1.48. The average Bonchev–Trinajstić information content (AvgIpc) is 3.07. The standard InChI is InChI=1S/C16H20N5O5PS/c1-28-12-4-2-11(3-5-12)8-26-27(23,24)10-25-7-6-21-9-18-13-14(21)19-16(17)20-15(13)22/h2-5,9H,6-8,10H2,1H3,(H,23,24)(H3,17,19,20,22).